The zero-order valence-electron chi connectivity index (χ0n) is 19.6. The van der Waals surface area contributed by atoms with Gasteiger partial charge in [0.1, 0.15) is 34.3 Å². The molecule has 0 aliphatic heterocycles. The van der Waals surface area contributed by atoms with Crippen LogP contribution in [0.5, 0.6) is 11.5 Å². The summed E-state index contributed by atoms with van der Waals surface area (Å²) in [5.41, 5.74) is 9.42. The summed E-state index contributed by atoms with van der Waals surface area (Å²) in [5.74, 6) is 1.90. The van der Waals surface area contributed by atoms with E-state index < -0.39 is 0 Å². The molecular weight excluding hydrogens is 398 g/mol. The summed E-state index contributed by atoms with van der Waals surface area (Å²) in [5, 5.41) is 0. The summed E-state index contributed by atoms with van der Waals surface area (Å²) in [6.45, 7) is 10.4. The lowest BCUT2D eigenvalue weighted by Crippen LogP contribution is -2.27. The van der Waals surface area contributed by atoms with E-state index in [1.54, 1.807) is 6.20 Å². The number of aliphatic imine (C=N–C) groups is 1. The molecule has 0 amide bonds. The van der Waals surface area contributed by atoms with Crippen molar-refractivity contribution in [1.29, 1.82) is 0 Å². The third-order valence-electron chi connectivity index (χ3n) is 4.92. The number of benzene rings is 2. The largest absolute Gasteiger partial charge is 0.489 e. The molecule has 0 atom stereocenters. The monoisotopic (exact) mass is 431 g/mol. The first-order valence-electron chi connectivity index (χ1n) is 11.1. The van der Waals surface area contributed by atoms with Gasteiger partial charge in [-0.15, -0.1) is 0 Å². The molecule has 0 spiro atoms. The molecule has 32 heavy (non-hydrogen) atoms. The summed E-state index contributed by atoms with van der Waals surface area (Å²) >= 11 is 0. The maximum absolute atomic E-state index is 6.18. The van der Waals surface area contributed by atoms with Crippen molar-refractivity contribution < 1.29 is 9.47 Å². The molecule has 2 N–H and O–H groups in total. The quantitative estimate of drug-likeness (QED) is 0.309. The molecule has 5 nitrogen and oxygen atoms in total. The van der Waals surface area contributed by atoms with Gasteiger partial charge in [0.2, 0.25) is 0 Å². The second-order valence-corrected chi connectivity index (χ2v) is 8.70. The Balaban J connectivity index is 1.88. The molecule has 2 aromatic carbocycles. The van der Waals surface area contributed by atoms with Gasteiger partial charge in [0.25, 0.3) is 0 Å². The van der Waals surface area contributed by atoms with Gasteiger partial charge in [0.15, 0.2) is 0 Å². The van der Waals surface area contributed by atoms with Crippen molar-refractivity contribution >= 4 is 11.5 Å². The minimum absolute atomic E-state index is 0.00634. The van der Waals surface area contributed by atoms with Crippen LogP contribution in [0.1, 0.15) is 53.2 Å². The van der Waals surface area contributed by atoms with Gasteiger partial charge in [-0.25, -0.2) is 4.99 Å². The zero-order valence-corrected chi connectivity index (χ0v) is 19.6. The summed E-state index contributed by atoms with van der Waals surface area (Å²) < 4.78 is 12.2. The van der Waals surface area contributed by atoms with Crippen molar-refractivity contribution in [2.45, 2.75) is 59.2 Å². The topological polar surface area (TPSA) is 69.7 Å². The average Bonchev–Trinajstić information content (AvgIpc) is 2.75. The summed E-state index contributed by atoms with van der Waals surface area (Å²) in [6.07, 6.45) is 3.80. The number of hydrogen-bond acceptors (Lipinski definition) is 4. The van der Waals surface area contributed by atoms with Crippen LogP contribution in [0.25, 0.3) is 11.1 Å². The molecule has 3 rings (SSSR count). The molecule has 0 aliphatic rings. The Labute approximate surface area is 191 Å². The van der Waals surface area contributed by atoms with Gasteiger partial charge >= 0.3 is 0 Å². The Hall–Kier alpha value is -3.34. The van der Waals surface area contributed by atoms with Crippen molar-refractivity contribution in [2.24, 2.45) is 10.7 Å². The molecule has 168 valence electrons. The Kier molecular flexibility index (Phi) is 7.52. The maximum atomic E-state index is 6.18. The number of rotatable bonds is 9. The SMILES string of the molecule is CCCC(C)(C)Oc1ccc(-c2ccc(N=C(N)c3ccccn3)c(OC(C)C)c2)cc1. The third-order valence-corrected chi connectivity index (χ3v) is 4.92. The van der Waals surface area contributed by atoms with Crippen LogP contribution in [0.4, 0.5) is 5.69 Å². The lowest BCUT2D eigenvalue weighted by molar-refractivity contribution is 0.0986. The highest BCUT2D eigenvalue weighted by Gasteiger charge is 2.18. The summed E-state index contributed by atoms with van der Waals surface area (Å²) in [7, 11) is 0. The van der Waals surface area contributed by atoms with Crippen molar-refractivity contribution in [3.63, 3.8) is 0 Å². The van der Waals surface area contributed by atoms with Gasteiger partial charge in [-0.1, -0.05) is 37.6 Å². The number of pyridine rings is 1. The van der Waals surface area contributed by atoms with Crippen LogP contribution in [-0.2, 0) is 0 Å². The standard InChI is InChI=1S/C27H33N3O2/c1-6-16-27(4,5)32-22-13-10-20(11-14-22)21-12-15-23(25(18-21)31-19(2)3)30-26(28)24-9-7-8-17-29-24/h7-15,17-19H,6,16H2,1-5H3,(H2,28,30). The van der Waals surface area contributed by atoms with E-state index in [-0.39, 0.29) is 11.7 Å². The number of nitrogens with zero attached hydrogens (tertiary/aromatic N) is 2. The van der Waals surface area contributed by atoms with Crippen LogP contribution in [0.2, 0.25) is 0 Å². The van der Waals surface area contributed by atoms with Crippen molar-refractivity contribution in [3.05, 3.63) is 72.6 Å². The predicted octanol–water partition coefficient (Wildman–Crippen LogP) is 6.53. The predicted molar refractivity (Wildman–Crippen MR) is 132 cm³/mol. The summed E-state index contributed by atoms with van der Waals surface area (Å²) in [4.78, 5) is 8.84. The average molecular weight is 432 g/mol. The minimum Gasteiger partial charge on any atom is -0.489 e. The number of hydrogen-bond donors (Lipinski definition) is 1. The maximum Gasteiger partial charge on any atom is 0.150 e. The first kappa shape index (κ1) is 23.3. The smallest absolute Gasteiger partial charge is 0.150 e. The highest BCUT2D eigenvalue weighted by molar-refractivity contribution is 5.97. The van der Waals surface area contributed by atoms with Gasteiger partial charge in [0, 0.05) is 6.20 Å². The number of ether oxygens (including phenoxy) is 2. The fraction of sp³-hybridized carbons (Fsp3) is 0.333. The first-order valence-corrected chi connectivity index (χ1v) is 11.1. The van der Waals surface area contributed by atoms with Crippen LogP contribution in [0, 0.1) is 0 Å². The van der Waals surface area contributed by atoms with Crippen LogP contribution < -0.4 is 15.2 Å². The van der Waals surface area contributed by atoms with Gasteiger partial charge in [-0.2, -0.15) is 0 Å². The molecule has 0 bridgehead atoms. The Bertz CT molecular complexity index is 1040. The third kappa shape index (κ3) is 6.33. The van der Waals surface area contributed by atoms with Crippen molar-refractivity contribution in [3.8, 4) is 22.6 Å². The van der Waals surface area contributed by atoms with E-state index in [2.05, 4.69) is 42.9 Å². The fourth-order valence-corrected chi connectivity index (χ4v) is 3.52. The molecular formula is C27H33N3O2. The van der Waals surface area contributed by atoms with Gasteiger partial charge in [0.05, 0.1) is 6.10 Å². The van der Waals surface area contributed by atoms with E-state index in [1.807, 2.05) is 62.4 Å². The molecule has 0 saturated carbocycles. The van der Waals surface area contributed by atoms with Crippen molar-refractivity contribution in [1.82, 2.24) is 4.98 Å². The zero-order chi connectivity index (χ0) is 23.1. The Morgan fingerprint density at radius 2 is 1.75 bits per heavy atom. The molecule has 0 radical (unpaired) electrons. The molecule has 1 heterocycles. The normalized spacial score (nSPS) is 12.1. The number of nitrogens with two attached hydrogens (primary N) is 1. The Morgan fingerprint density at radius 3 is 2.38 bits per heavy atom. The molecule has 3 aromatic rings. The second-order valence-electron chi connectivity index (χ2n) is 8.70. The van der Waals surface area contributed by atoms with Crippen LogP contribution in [0.15, 0.2) is 71.9 Å². The number of aromatic nitrogens is 1. The van der Waals surface area contributed by atoms with E-state index in [0.29, 0.717) is 23.0 Å². The van der Waals surface area contributed by atoms with Crippen LogP contribution in [-0.4, -0.2) is 22.5 Å². The molecule has 0 saturated heterocycles. The lowest BCUT2D eigenvalue weighted by atomic mass is 10.0. The number of amidine groups is 1. The lowest BCUT2D eigenvalue weighted by Gasteiger charge is -2.26. The molecule has 5 heteroatoms. The van der Waals surface area contributed by atoms with Crippen molar-refractivity contribution in [2.75, 3.05) is 0 Å². The summed E-state index contributed by atoms with van der Waals surface area (Å²) in [6, 6.07) is 19.7. The molecule has 1 aromatic heterocycles. The van der Waals surface area contributed by atoms with Crippen LogP contribution in [0.3, 0.4) is 0 Å². The van der Waals surface area contributed by atoms with Gasteiger partial charge in [-0.3, -0.25) is 4.98 Å². The van der Waals surface area contributed by atoms with Gasteiger partial charge < -0.3 is 15.2 Å². The Morgan fingerprint density at radius 1 is 1.03 bits per heavy atom. The highest BCUT2D eigenvalue weighted by Crippen LogP contribution is 2.35. The van der Waals surface area contributed by atoms with E-state index in [0.717, 1.165) is 29.7 Å². The van der Waals surface area contributed by atoms with E-state index >= 15 is 0 Å². The first-order chi connectivity index (χ1) is 15.3. The van der Waals surface area contributed by atoms with E-state index in [1.165, 1.54) is 0 Å². The molecule has 0 aliphatic carbocycles. The molecule has 0 fully saturated rings. The minimum atomic E-state index is -0.179. The van der Waals surface area contributed by atoms with Crippen LogP contribution >= 0.6 is 0 Å². The van der Waals surface area contributed by atoms with Gasteiger partial charge in [-0.05, 0) is 81.6 Å². The van der Waals surface area contributed by atoms with E-state index in [4.69, 9.17) is 15.2 Å². The molecule has 0 unspecified atom stereocenters. The highest BCUT2D eigenvalue weighted by atomic mass is 16.5. The fourth-order valence-electron chi connectivity index (χ4n) is 3.52. The second kappa shape index (κ2) is 10.3. The van der Waals surface area contributed by atoms with E-state index in [9.17, 15) is 0 Å².